The van der Waals surface area contributed by atoms with E-state index in [0.717, 1.165) is 0 Å². The maximum atomic E-state index is 13.1. The molecule has 0 aromatic heterocycles. The summed E-state index contributed by atoms with van der Waals surface area (Å²) < 4.78 is 5.32. The average Bonchev–Trinajstić information content (AvgIpc) is 2.99. The normalized spacial score (nSPS) is 16.1. The van der Waals surface area contributed by atoms with E-state index in [1.165, 1.54) is 33.3 Å². The molecule has 3 amide bonds. The van der Waals surface area contributed by atoms with Crippen molar-refractivity contribution in [2.75, 3.05) is 99.7 Å². The first-order chi connectivity index (χ1) is 21.4. The number of nitrogens with zero attached hydrogens (tertiary/aromatic N) is 4. The number of nitrogens with one attached hydrogen (secondary N) is 3. The predicted octanol–water partition coefficient (Wildman–Crippen LogP) is -2.49. The van der Waals surface area contributed by atoms with Crippen molar-refractivity contribution in [3.63, 3.8) is 0 Å². The number of rotatable bonds is 13. The largest absolute Gasteiger partial charge is 0.495 e. The lowest BCUT2D eigenvalue weighted by Gasteiger charge is -2.32. The maximum Gasteiger partial charge on any atom is 0.317 e. The van der Waals surface area contributed by atoms with Gasteiger partial charge in [0.05, 0.1) is 44.4 Å². The molecular weight excluding hydrogens is 594 g/mol. The Kier molecular flexibility index (Phi) is 15.1. The van der Waals surface area contributed by atoms with Crippen LogP contribution in [0.4, 0.5) is 0 Å². The predicted molar refractivity (Wildman–Crippen MR) is 160 cm³/mol. The molecule has 45 heavy (non-hydrogen) atoms. The van der Waals surface area contributed by atoms with Gasteiger partial charge in [-0.25, -0.2) is 0 Å². The van der Waals surface area contributed by atoms with E-state index in [-0.39, 0.29) is 108 Å². The van der Waals surface area contributed by atoms with Gasteiger partial charge in [0.2, 0.25) is 5.91 Å². The number of carboxylic acid groups (broad SMARTS) is 3. The third-order valence-corrected chi connectivity index (χ3v) is 7.16. The minimum Gasteiger partial charge on any atom is -0.495 e. The summed E-state index contributed by atoms with van der Waals surface area (Å²) in [7, 11) is 4.22. The third-order valence-electron chi connectivity index (χ3n) is 7.16. The molecule has 1 aromatic rings. The molecule has 0 atom stereocenters. The van der Waals surface area contributed by atoms with Crippen LogP contribution in [0.5, 0.6) is 5.75 Å². The van der Waals surface area contributed by atoms with Gasteiger partial charge in [0.1, 0.15) is 5.75 Å². The lowest BCUT2D eigenvalue weighted by molar-refractivity contribution is -0.140. The van der Waals surface area contributed by atoms with Gasteiger partial charge in [0, 0.05) is 73.0 Å². The van der Waals surface area contributed by atoms with E-state index < -0.39 is 29.7 Å². The van der Waals surface area contributed by atoms with Crippen LogP contribution in [-0.4, -0.2) is 170 Å². The highest BCUT2D eigenvalue weighted by Crippen LogP contribution is 2.26. The molecule has 1 heterocycles. The van der Waals surface area contributed by atoms with Crippen LogP contribution < -0.4 is 20.7 Å². The van der Waals surface area contributed by atoms with Crippen LogP contribution in [0.15, 0.2) is 12.1 Å². The van der Waals surface area contributed by atoms with E-state index >= 15 is 0 Å². The van der Waals surface area contributed by atoms with Crippen LogP contribution in [0, 0.1) is 0 Å². The van der Waals surface area contributed by atoms with E-state index in [1.807, 2.05) is 0 Å². The molecule has 1 aromatic carbocycles. The van der Waals surface area contributed by atoms with Gasteiger partial charge in [-0.2, -0.15) is 0 Å². The summed E-state index contributed by atoms with van der Waals surface area (Å²) >= 11 is 0. The molecule has 250 valence electrons. The second kappa shape index (κ2) is 18.5. The first kappa shape index (κ1) is 36.9. The molecule has 2 rings (SSSR count). The van der Waals surface area contributed by atoms with Crippen molar-refractivity contribution in [3.8, 4) is 5.75 Å². The Morgan fingerprint density at radius 2 is 0.978 bits per heavy atom. The van der Waals surface area contributed by atoms with Gasteiger partial charge in [-0.15, -0.1) is 0 Å². The topological polar surface area (TPSA) is 221 Å². The fourth-order valence-electron chi connectivity index (χ4n) is 4.86. The molecule has 1 aliphatic rings. The molecule has 1 saturated heterocycles. The van der Waals surface area contributed by atoms with Crippen molar-refractivity contribution in [1.29, 1.82) is 0 Å². The lowest BCUT2D eigenvalue weighted by atomic mass is 10.0. The van der Waals surface area contributed by atoms with E-state index in [4.69, 9.17) is 4.74 Å². The molecule has 0 aliphatic carbocycles. The van der Waals surface area contributed by atoms with Gasteiger partial charge in [0.25, 0.3) is 11.8 Å². The van der Waals surface area contributed by atoms with E-state index in [2.05, 4.69) is 16.0 Å². The fourth-order valence-corrected chi connectivity index (χ4v) is 4.86. The number of carbonyl (C=O) groups excluding carboxylic acids is 3. The molecule has 1 aliphatic heterocycles. The number of amides is 3. The molecule has 0 unspecified atom stereocenters. The minimum absolute atomic E-state index is 0.0135. The van der Waals surface area contributed by atoms with Crippen molar-refractivity contribution in [1.82, 2.24) is 35.6 Å². The van der Waals surface area contributed by atoms with Gasteiger partial charge >= 0.3 is 17.9 Å². The first-order valence-electron chi connectivity index (χ1n) is 14.3. The summed E-state index contributed by atoms with van der Waals surface area (Å²) in [6, 6.07) is 3.03. The zero-order valence-electron chi connectivity index (χ0n) is 25.8. The SMILES string of the molecule is CNC(=O)c1cc(CNC(=O)CN2CCN(CC(=O)O)CCN(CC(=O)O)CCN(CC(=O)O)CC2)cc(C(=O)NC)c1OC. The smallest absolute Gasteiger partial charge is 0.317 e. The van der Waals surface area contributed by atoms with Crippen molar-refractivity contribution >= 4 is 35.6 Å². The van der Waals surface area contributed by atoms with E-state index in [9.17, 15) is 44.1 Å². The van der Waals surface area contributed by atoms with Crippen LogP contribution in [0.2, 0.25) is 0 Å². The Morgan fingerprint density at radius 3 is 1.27 bits per heavy atom. The Hall–Kier alpha value is -4.32. The number of methoxy groups -OCH3 is 1. The molecule has 17 nitrogen and oxygen atoms in total. The van der Waals surface area contributed by atoms with E-state index in [1.54, 1.807) is 19.6 Å². The van der Waals surface area contributed by atoms with Crippen molar-refractivity contribution in [2.24, 2.45) is 0 Å². The molecule has 1 fully saturated rings. The van der Waals surface area contributed by atoms with Gasteiger partial charge in [-0.05, 0) is 17.7 Å². The van der Waals surface area contributed by atoms with Gasteiger partial charge in [-0.1, -0.05) is 0 Å². The Balaban J connectivity index is 2.22. The Labute approximate surface area is 261 Å². The highest BCUT2D eigenvalue weighted by Gasteiger charge is 2.23. The highest BCUT2D eigenvalue weighted by atomic mass is 16.5. The number of aliphatic carboxylic acids is 3. The molecule has 0 spiro atoms. The molecule has 0 radical (unpaired) electrons. The van der Waals surface area contributed by atoms with Crippen LogP contribution in [0.25, 0.3) is 0 Å². The second-order valence-corrected chi connectivity index (χ2v) is 10.4. The zero-order valence-corrected chi connectivity index (χ0v) is 25.8. The number of hydrogen-bond acceptors (Lipinski definition) is 11. The summed E-state index contributed by atoms with van der Waals surface area (Å²) in [5.74, 6) is -4.39. The molecule has 6 N–H and O–H groups in total. The van der Waals surface area contributed by atoms with Gasteiger partial charge < -0.3 is 36.0 Å². The van der Waals surface area contributed by atoms with Crippen molar-refractivity contribution in [3.05, 3.63) is 28.8 Å². The van der Waals surface area contributed by atoms with Crippen LogP contribution in [0.1, 0.15) is 26.3 Å². The number of hydrogen-bond donors (Lipinski definition) is 6. The number of carboxylic acids is 3. The summed E-state index contributed by atoms with van der Waals surface area (Å²) in [5, 5.41) is 35.9. The van der Waals surface area contributed by atoms with Crippen LogP contribution in [0.3, 0.4) is 0 Å². The second-order valence-electron chi connectivity index (χ2n) is 10.4. The van der Waals surface area contributed by atoms with Crippen molar-refractivity contribution in [2.45, 2.75) is 6.54 Å². The fraction of sp³-hybridized carbons (Fsp3) is 0.571. The lowest BCUT2D eigenvalue weighted by Crippen LogP contribution is -2.49. The summed E-state index contributed by atoms with van der Waals surface area (Å²) in [6.07, 6.45) is 0. The average molecular weight is 638 g/mol. The zero-order chi connectivity index (χ0) is 33.5. The summed E-state index contributed by atoms with van der Waals surface area (Å²) in [5.41, 5.74) is 0.709. The number of carbonyl (C=O) groups is 6. The molecular formula is C28H43N7O10. The molecule has 17 heteroatoms. The monoisotopic (exact) mass is 637 g/mol. The highest BCUT2D eigenvalue weighted by molar-refractivity contribution is 6.04. The van der Waals surface area contributed by atoms with Gasteiger partial charge in [0.15, 0.2) is 0 Å². The number of benzene rings is 1. The summed E-state index contributed by atoms with van der Waals surface area (Å²) in [4.78, 5) is 79.2. The minimum atomic E-state index is -1.05. The van der Waals surface area contributed by atoms with Crippen LogP contribution >= 0.6 is 0 Å². The Bertz CT molecular complexity index is 1160. The van der Waals surface area contributed by atoms with E-state index in [0.29, 0.717) is 5.56 Å². The Morgan fingerprint density at radius 1 is 0.644 bits per heavy atom. The standard InChI is InChI=1S/C28H43N7O10/c1-29-27(43)20-12-19(13-21(26(20)45-3)28(44)30-2)14-31-22(36)15-32-4-6-33(16-23(37)38)8-10-35(18-25(41)42)11-9-34(7-5-32)17-24(39)40/h12-13H,4-11,14-18H2,1-3H3,(H,29,43)(H,30,44)(H,31,36)(H,37,38)(H,39,40)(H,41,42). The molecule has 0 bridgehead atoms. The first-order valence-corrected chi connectivity index (χ1v) is 14.3. The molecule has 0 saturated carbocycles. The van der Waals surface area contributed by atoms with Gasteiger partial charge in [-0.3, -0.25) is 48.4 Å². The van der Waals surface area contributed by atoms with Crippen LogP contribution in [-0.2, 0) is 25.7 Å². The maximum absolute atomic E-state index is 13.1. The number of ether oxygens (including phenoxy) is 1. The quantitative estimate of drug-likeness (QED) is 0.132. The van der Waals surface area contributed by atoms with Crippen molar-refractivity contribution < 1.29 is 48.8 Å². The third kappa shape index (κ3) is 12.7. The summed E-state index contributed by atoms with van der Waals surface area (Å²) in [6.45, 7) is 1.23.